The predicted octanol–water partition coefficient (Wildman–Crippen LogP) is 2.47. The van der Waals surface area contributed by atoms with Crippen LogP contribution in [-0.2, 0) is 14.3 Å². The number of carbonyl (C=O) groups excluding carboxylic acids is 2. The lowest BCUT2D eigenvalue weighted by Gasteiger charge is -2.31. The SMILES string of the molecule is COc1cccc(C2/C(=C(\O)c3cc(C)ccc3O)C(=O)C(=O)N2CCN2CCOCC2)c1OC. The summed E-state index contributed by atoms with van der Waals surface area (Å²) in [5.41, 5.74) is 1.26. The Bertz CT molecular complexity index is 1150. The highest BCUT2D eigenvalue weighted by Gasteiger charge is 2.47. The molecule has 0 saturated carbocycles. The monoisotopic (exact) mass is 482 g/mol. The first-order chi connectivity index (χ1) is 16.9. The molecule has 0 bridgehead atoms. The molecule has 0 aliphatic carbocycles. The summed E-state index contributed by atoms with van der Waals surface area (Å²) in [7, 11) is 2.98. The number of aliphatic hydroxyl groups excluding tert-OH is 1. The number of ether oxygens (including phenoxy) is 3. The standard InChI is InChI=1S/C26H30N2O7/c1-16-7-8-19(29)18(15-16)23(30)21-22(17-5-4-6-20(33-2)25(17)34-3)28(26(32)24(21)31)10-9-27-11-13-35-14-12-27/h4-8,15,22,29-30H,9-14H2,1-3H3/b23-21+. The summed E-state index contributed by atoms with van der Waals surface area (Å²) in [6, 6.07) is 8.98. The Kier molecular flexibility index (Phi) is 7.28. The Morgan fingerprint density at radius 2 is 1.83 bits per heavy atom. The summed E-state index contributed by atoms with van der Waals surface area (Å²) in [6.07, 6.45) is 0. The Hall–Kier alpha value is -3.56. The quantitative estimate of drug-likeness (QED) is 0.352. The number of phenolic OH excluding ortho intramolecular Hbond substituents is 1. The molecule has 1 atom stereocenters. The Morgan fingerprint density at radius 1 is 1.09 bits per heavy atom. The zero-order valence-corrected chi connectivity index (χ0v) is 20.1. The van der Waals surface area contributed by atoms with E-state index in [4.69, 9.17) is 14.2 Å². The first-order valence-electron chi connectivity index (χ1n) is 11.5. The number of methoxy groups -OCH3 is 2. The molecule has 2 aliphatic rings. The Labute approximate surface area is 204 Å². The van der Waals surface area contributed by atoms with Gasteiger partial charge in [0.25, 0.3) is 11.7 Å². The maximum Gasteiger partial charge on any atom is 0.295 e. The van der Waals surface area contributed by atoms with E-state index in [1.165, 1.54) is 25.2 Å². The van der Waals surface area contributed by atoms with Gasteiger partial charge >= 0.3 is 0 Å². The van der Waals surface area contributed by atoms with Crippen LogP contribution >= 0.6 is 0 Å². The lowest BCUT2D eigenvalue weighted by molar-refractivity contribution is -0.140. The second-order valence-electron chi connectivity index (χ2n) is 8.55. The number of benzene rings is 2. The average Bonchev–Trinajstić information content (AvgIpc) is 3.13. The van der Waals surface area contributed by atoms with E-state index in [0.29, 0.717) is 36.8 Å². The van der Waals surface area contributed by atoms with Gasteiger partial charge in [-0.3, -0.25) is 14.5 Å². The molecule has 2 saturated heterocycles. The maximum absolute atomic E-state index is 13.3. The van der Waals surface area contributed by atoms with Crippen LogP contribution in [0.5, 0.6) is 17.2 Å². The second-order valence-corrected chi connectivity index (χ2v) is 8.55. The van der Waals surface area contributed by atoms with Crippen LogP contribution in [-0.4, -0.2) is 85.3 Å². The summed E-state index contributed by atoms with van der Waals surface area (Å²) in [5, 5.41) is 21.7. The van der Waals surface area contributed by atoms with Gasteiger partial charge < -0.3 is 29.3 Å². The number of morpholine rings is 1. The van der Waals surface area contributed by atoms with E-state index in [-0.39, 0.29) is 23.4 Å². The minimum Gasteiger partial charge on any atom is -0.507 e. The van der Waals surface area contributed by atoms with E-state index >= 15 is 0 Å². The third-order valence-corrected chi connectivity index (χ3v) is 6.44. The molecule has 2 aromatic rings. The van der Waals surface area contributed by atoms with Crippen molar-refractivity contribution in [3.63, 3.8) is 0 Å². The fourth-order valence-electron chi connectivity index (χ4n) is 4.62. The molecule has 186 valence electrons. The van der Waals surface area contributed by atoms with Gasteiger partial charge in [-0.25, -0.2) is 0 Å². The molecule has 2 fully saturated rings. The summed E-state index contributed by atoms with van der Waals surface area (Å²) >= 11 is 0. The molecule has 35 heavy (non-hydrogen) atoms. The van der Waals surface area contributed by atoms with Crippen molar-refractivity contribution in [2.24, 2.45) is 0 Å². The maximum atomic E-state index is 13.3. The fraction of sp³-hybridized carbons (Fsp3) is 0.385. The zero-order valence-electron chi connectivity index (χ0n) is 20.1. The van der Waals surface area contributed by atoms with Crippen molar-refractivity contribution >= 4 is 17.4 Å². The van der Waals surface area contributed by atoms with Crippen LogP contribution in [0, 0.1) is 6.92 Å². The van der Waals surface area contributed by atoms with Crippen LogP contribution in [0.4, 0.5) is 0 Å². The van der Waals surface area contributed by atoms with E-state index in [1.54, 1.807) is 37.3 Å². The van der Waals surface area contributed by atoms with Gasteiger partial charge in [-0.2, -0.15) is 0 Å². The number of rotatable bonds is 7. The molecule has 9 heteroatoms. The molecule has 1 unspecified atom stereocenters. The van der Waals surface area contributed by atoms with Crippen LogP contribution in [0.1, 0.15) is 22.7 Å². The number of phenols is 1. The highest BCUT2D eigenvalue weighted by molar-refractivity contribution is 6.46. The highest BCUT2D eigenvalue weighted by Crippen LogP contribution is 2.46. The largest absolute Gasteiger partial charge is 0.507 e. The molecular formula is C26H30N2O7. The topological polar surface area (TPSA) is 109 Å². The van der Waals surface area contributed by atoms with Crippen molar-refractivity contribution in [2.75, 3.05) is 53.6 Å². The number of para-hydroxylation sites is 1. The van der Waals surface area contributed by atoms with Gasteiger partial charge in [0.1, 0.15) is 11.5 Å². The molecule has 0 spiro atoms. The Morgan fingerprint density at radius 3 is 2.51 bits per heavy atom. The molecular weight excluding hydrogens is 452 g/mol. The number of hydrogen-bond donors (Lipinski definition) is 2. The van der Waals surface area contributed by atoms with Gasteiger partial charge in [0, 0.05) is 31.7 Å². The minimum atomic E-state index is -0.930. The lowest BCUT2D eigenvalue weighted by Crippen LogP contribution is -2.42. The van der Waals surface area contributed by atoms with Crippen molar-refractivity contribution in [3.8, 4) is 17.2 Å². The molecule has 2 aromatic carbocycles. The normalized spacial score (nSPS) is 20.3. The van der Waals surface area contributed by atoms with Crippen LogP contribution in [0.25, 0.3) is 5.76 Å². The van der Waals surface area contributed by atoms with Crippen LogP contribution in [0.15, 0.2) is 42.0 Å². The molecule has 2 N–H and O–H groups in total. The number of carbonyl (C=O) groups is 2. The first kappa shape index (κ1) is 24.6. The lowest BCUT2D eigenvalue weighted by atomic mass is 9.93. The second kappa shape index (κ2) is 10.4. The van der Waals surface area contributed by atoms with Crippen LogP contribution < -0.4 is 9.47 Å². The van der Waals surface area contributed by atoms with E-state index in [2.05, 4.69) is 4.90 Å². The highest BCUT2D eigenvalue weighted by atomic mass is 16.5. The Balaban J connectivity index is 1.85. The van der Waals surface area contributed by atoms with Gasteiger partial charge in [-0.1, -0.05) is 23.8 Å². The van der Waals surface area contributed by atoms with Gasteiger partial charge in [0.2, 0.25) is 0 Å². The molecule has 9 nitrogen and oxygen atoms in total. The van der Waals surface area contributed by atoms with E-state index in [1.807, 2.05) is 0 Å². The number of aromatic hydroxyl groups is 1. The molecule has 0 radical (unpaired) electrons. The fourth-order valence-corrected chi connectivity index (χ4v) is 4.62. The predicted molar refractivity (Wildman–Crippen MR) is 129 cm³/mol. The molecule has 4 rings (SSSR count). The number of aryl methyl sites for hydroxylation is 1. The van der Waals surface area contributed by atoms with Crippen molar-refractivity contribution in [3.05, 3.63) is 58.7 Å². The number of aliphatic hydroxyl groups is 1. The van der Waals surface area contributed by atoms with Gasteiger partial charge in [0.15, 0.2) is 11.5 Å². The molecule has 2 heterocycles. The van der Waals surface area contributed by atoms with E-state index in [0.717, 1.165) is 18.7 Å². The number of likely N-dealkylation sites (tertiary alicyclic amines) is 1. The van der Waals surface area contributed by atoms with Gasteiger partial charge in [0.05, 0.1) is 44.6 Å². The van der Waals surface area contributed by atoms with E-state index in [9.17, 15) is 19.8 Å². The number of hydrogen-bond acceptors (Lipinski definition) is 8. The van der Waals surface area contributed by atoms with E-state index < -0.39 is 23.5 Å². The summed E-state index contributed by atoms with van der Waals surface area (Å²) in [6.45, 7) is 5.28. The van der Waals surface area contributed by atoms with Gasteiger partial charge in [-0.15, -0.1) is 0 Å². The average molecular weight is 483 g/mol. The number of ketones is 1. The number of nitrogens with zero attached hydrogens (tertiary/aromatic N) is 2. The smallest absolute Gasteiger partial charge is 0.295 e. The van der Waals surface area contributed by atoms with Crippen molar-refractivity contribution in [2.45, 2.75) is 13.0 Å². The molecule has 2 aliphatic heterocycles. The van der Waals surface area contributed by atoms with Crippen molar-refractivity contribution in [1.82, 2.24) is 9.80 Å². The third kappa shape index (κ3) is 4.69. The number of Topliss-reactive ketones (excluding diaryl/α,β-unsaturated/α-hetero) is 1. The van der Waals surface area contributed by atoms with Crippen molar-refractivity contribution in [1.29, 1.82) is 0 Å². The van der Waals surface area contributed by atoms with Crippen molar-refractivity contribution < 1.29 is 34.0 Å². The summed E-state index contributed by atoms with van der Waals surface area (Å²) in [4.78, 5) is 30.2. The zero-order chi connectivity index (χ0) is 25.1. The molecule has 1 amide bonds. The van der Waals surface area contributed by atoms with Gasteiger partial charge in [-0.05, 0) is 25.1 Å². The summed E-state index contributed by atoms with van der Waals surface area (Å²) in [5.74, 6) is -1.38. The third-order valence-electron chi connectivity index (χ3n) is 6.44. The number of amides is 1. The first-order valence-corrected chi connectivity index (χ1v) is 11.5. The van der Waals surface area contributed by atoms with Crippen LogP contribution in [0.3, 0.4) is 0 Å². The van der Waals surface area contributed by atoms with Crippen LogP contribution in [0.2, 0.25) is 0 Å². The molecule has 0 aromatic heterocycles. The minimum absolute atomic E-state index is 0.0862. The summed E-state index contributed by atoms with van der Waals surface area (Å²) < 4.78 is 16.5.